The van der Waals surface area contributed by atoms with Gasteiger partial charge in [-0.05, 0) is 43.0 Å². The largest absolute Gasteiger partial charge is 0.476 e. The van der Waals surface area contributed by atoms with Crippen molar-refractivity contribution < 1.29 is 27.9 Å². The van der Waals surface area contributed by atoms with Crippen LogP contribution in [0.5, 0.6) is 0 Å². The number of carboxylic acid groups (broad SMARTS) is 1. The number of aryl methyl sites for hydroxylation is 1. The number of fused-ring (bicyclic) bond motifs is 1. The van der Waals surface area contributed by atoms with Gasteiger partial charge >= 0.3 is 12.1 Å². The molecule has 10 heteroatoms. The van der Waals surface area contributed by atoms with Crippen LogP contribution in [0, 0.1) is 12.8 Å². The number of rotatable bonds is 7. The summed E-state index contributed by atoms with van der Waals surface area (Å²) in [6.45, 7) is 9.70. The van der Waals surface area contributed by atoms with Gasteiger partial charge in [-0.15, -0.1) is 5.10 Å². The molecule has 1 aliphatic rings. The summed E-state index contributed by atoms with van der Waals surface area (Å²) in [4.78, 5) is 20.7. The highest BCUT2D eigenvalue weighted by Crippen LogP contribution is 2.36. The molecule has 0 spiro atoms. The van der Waals surface area contributed by atoms with Gasteiger partial charge in [0.1, 0.15) is 12.1 Å². The van der Waals surface area contributed by atoms with E-state index < -0.39 is 32.6 Å². The van der Waals surface area contributed by atoms with Crippen LogP contribution in [0.1, 0.15) is 28.9 Å². The zero-order valence-corrected chi connectivity index (χ0v) is 18.7. The molecule has 1 aromatic heterocycles. The number of nitrogens with zero attached hydrogens (tertiary/aromatic N) is 3. The van der Waals surface area contributed by atoms with Crippen LogP contribution in [-0.4, -0.2) is 55.0 Å². The minimum atomic E-state index is -4.18. The van der Waals surface area contributed by atoms with Crippen molar-refractivity contribution in [2.45, 2.75) is 51.6 Å². The van der Waals surface area contributed by atoms with Gasteiger partial charge in [-0.3, -0.25) is 0 Å². The van der Waals surface area contributed by atoms with Crippen molar-refractivity contribution in [1.82, 2.24) is 9.94 Å². The molecule has 1 saturated heterocycles. The quantitative estimate of drug-likeness (QED) is 0.634. The van der Waals surface area contributed by atoms with Crippen LogP contribution in [0.15, 0.2) is 12.1 Å². The van der Waals surface area contributed by atoms with E-state index in [1.165, 1.54) is 4.85 Å². The molecule has 3 rings (SSSR count). The minimum Gasteiger partial charge on any atom is -0.476 e. The van der Waals surface area contributed by atoms with Gasteiger partial charge in [0.25, 0.3) is 0 Å². The molecule has 1 unspecified atom stereocenters. The number of benzene rings is 1. The number of hydrogen-bond donors (Lipinski definition) is 1. The summed E-state index contributed by atoms with van der Waals surface area (Å²) >= 11 is 0. The summed E-state index contributed by atoms with van der Waals surface area (Å²) in [5.41, 5.74) is 1.88. The van der Waals surface area contributed by atoms with Crippen molar-refractivity contribution >= 4 is 30.6 Å². The maximum Gasteiger partial charge on any atom is 0.389 e. The topological polar surface area (TPSA) is 67.6 Å². The SMILES string of the molecule is Cc1c(N2CCC(CC(F)(F)F)C2)ccc2c1c(C(=O)O)nn2OCC[Si](C)(C)C. The van der Waals surface area contributed by atoms with Gasteiger partial charge in [-0.2, -0.15) is 13.2 Å². The fraction of sp³-hybridized carbons (Fsp3) is 0.600. The van der Waals surface area contributed by atoms with E-state index in [-0.39, 0.29) is 5.69 Å². The first-order valence-corrected chi connectivity index (χ1v) is 13.8. The summed E-state index contributed by atoms with van der Waals surface area (Å²) in [7, 11) is -1.32. The normalized spacial score (nSPS) is 17.7. The molecule has 1 fully saturated rings. The molecule has 2 heterocycles. The first-order valence-electron chi connectivity index (χ1n) is 10.1. The Kier molecular flexibility index (Phi) is 6.08. The standard InChI is InChI=1S/C20H28F3N3O3Si/c1-13-15(25-8-7-14(12-25)11-20(21,22)23)5-6-16-17(13)18(19(27)28)24-26(16)29-9-10-30(2,3)4/h5-6,14H,7-12H2,1-4H3,(H,27,28). The Balaban J connectivity index is 1.89. The maximum absolute atomic E-state index is 12.7. The summed E-state index contributed by atoms with van der Waals surface area (Å²) in [5, 5.41) is 14.2. The molecule has 0 saturated carbocycles. The van der Waals surface area contributed by atoms with Crippen molar-refractivity contribution in [2.24, 2.45) is 5.92 Å². The van der Waals surface area contributed by atoms with Crippen molar-refractivity contribution in [2.75, 3.05) is 24.6 Å². The van der Waals surface area contributed by atoms with Gasteiger partial charge in [0.15, 0.2) is 5.69 Å². The number of halogens is 3. The Morgan fingerprint density at radius 2 is 2.03 bits per heavy atom. The smallest absolute Gasteiger partial charge is 0.389 e. The highest BCUT2D eigenvalue weighted by molar-refractivity contribution is 6.76. The van der Waals surface area contributed by atoms with Crippen LogP contribution in [0.2, 0.25) is 25.7 Å². The predicted octanol–water partition coefficient (Wildman–Crippen LogP) is 4.59. The minimum absolute atomic E-state index is 0.108. The summed E-state index contributed by atoms with van der Waals surface area (Å²) in [6.07, 6.45) is -4.51. The van der Waals surface area contributed by atoms with E-state index in [1.807, 2.05) is 11.0 Å². The van der Waals surface area contributed by atoms with Crippen molar-refractivity contribution in [3.05, 3.63) is 23.4 Å². The second-order valence-electron chi connectivity index (χ2n) is 9.19. The average molecular weight is 444 g/mol. The van der Waals surface area contributed by atoms with Crippen molar-refractivity contribution in [1.29, 1.82) is 0 Å². The van der Waals surface area contributed by atoms with E-state index in [1.54, 1.807) is 13.0 Å². The molecule has 6 nitrogen and oxygen atoms in total. The number of hydrogen-bond acceptors (Lipinski definition) is 4. The maximum atomic E-state index is 12.7. The lowest BCUT2D eigenvalue weighted by Crippen LogP contribution is -2.26. The second-order valence-corrected chi connectivity index (χ2v) is 14.8. The van der Waals surface area contributed by atoms with Gasteiger partial charge in [0.2, 0.25) is 0 Å². The molecule has 1 aromatic carbocycles. The second kappa shape index (κ2) is 8.13. The highest BCUT2D eigenvalue weighted by atomic mass is 28.3. The van der Waals surface area contributed by atoms with Gasteiger partial charge in [-0.25, -0.2) is 4.79 Å². The fourth-order valence-electron chi connectivity index (χ4n) is 3.91. The molecule has 0 radical (unpaired) electrons. The molecular weight excluding hydrogens is 415 g/mol. The zero-order chi connectivity index (χ0) is 22.3. The van der Waals surface area contributed by atoms with Crippen LogP contribution < -0.4 is 9.74 Å². The lowest BCUT2D eigenvalue weighted by molar-refractivity contribution is -0.142. The van der Waals surface area contributed by atoms with E-state index in [0.29, 0.717) is 42.6 Å². The van der Waals surface area contributed by atoms with Crippen LogP contribution in [0.25, 0.3) is 10.9 Å². The lowest BCUT2D eigenvalue weighted by atomic mass is 10.0. The van der Waals surface area contributed by atoms with Crippen LogP contribution in [-0.2, 0) is 0 Å². The van der Waals surface area contributed by atoms with E-state index in [0.717, 1.165) is 11.7 Å². The Bertz CT molecular complexity index is 937. The van der Waals surface area contributed by atoms with E-state index in [9.17, 15) is 23.1 Å². The summed E-state index contributed by atoms with van der Waals surface area (Å²) in [5.74, 6) is -1.61. The van der Waals surface area contributed by atoms with E-state index >= 15 is 0 Å². The van der Waals surface area contributed by atoms with Crippen LogP contribution >= 0.6 is 0 Å². The fourth-order valence-corrected chi connectivity index (χ4v) is 4.62. The molecule has 1 atom stereocenters. The molecule has 0 aliphatic carbocycles. The Morgan fingerprint density at radius 3 is 2.63 bits per heavy atom. The predicted molar refractivity (Wildman–Crippen MR) is 112 cm³/mol. The first-order chi connectivity index (χ1) is 13.9. The van der Waals surface area contributed by atoms with Gasteiger partial charge in [0, 0.05) is 38.7 Å². The molecule has 2 aromatic rings. The van der Waals surface area contributed by atoms with Gasteiger partial charge in [-0.1, -0.05) is 24.5 Å². The molecule has 30 heavy (non-hydrogen) atoms. The zero-order valence-electron chi connectivity index (χ0n) is 17.7. The molecule has 1 N–H and O–H groups in total. The van der Waals surface area contributed by atoms with E-state index in [2.05, 4.69) is 24.7 Å². The molecule has 0 amide bonds. The van der Waals surface area contributed by atoms with Crippen LogP contribution in [0.3, 0.4) is 0 Å². The number of aromatic nitrogens is 2. The monoisotopic (exact) mass is 443 g/mol. The number of anilines is 1. The van der Waals surface area contributed by atoms with Crippen LogP contribution in [0.4, 0.5) is 18.9 Å². The first kappa shape index (κ1) is 22.5. The number of carboxylic acids is 1. The molecule has 0 bridgehead atoms. The van der Waals surface area contributed by atoms with E-state index in [4.69, 9.17) is 4.84 Å². The van der Waals surface area contributed by atoms with Crippen molar-refractivity contribution in [3.8, 4) is 0 Å². The Morgan fingerprint density at radius 1 is 1.33 bits per heavy atom. The lowest BCUT2D eigenvalue weighted by Gasteiger charge is -2.22. The number of aromatic carboxylic acids is 1. The Hall–Kier alpha value is -2.23. The highest BCUT2D eigenvalue weighted by Gasteiger charge is 2.36. The van der Waals surface area contributed by atoms with Gasteiger partial charge in [0.05, 0.1) is 0 Å². The Labute approximate surface area is 174 Å². The molecular formula is C20H28F3N3O3Si. The third-order valence-corrected chi connectivity index (χ3v) is 7.17. The number of alkyl halides is 3. The summed E-state index contributed by atoms with van der Waals surface area (Å²) in [6, 6.07) is 4.46. The molecule has 1 aliphatic heterocycles. The van der Waals surface area contributed by atoms with Crippen molar-refractivity contribution in [3.63, 3.8) is 0 Å². The molecule has 166 valence electrons. The number of carbonyl (C=O) groups is 1. The third kappa shape index (κ3) is 5.08. The average Bonchev–Trinajstić information content (AvgIpc) is 3.18. The van der Waals surface area contributed by atoms with Gasteiger partial charge < -0.3 is 14.8 Å². The summed E-state index contributed by atoms with van der Waals surface area (Å²) < 4.78 is 38.2. The third-order valence-electron chi connectivity index (χ3n) is 5.46.